The second-order valence-corrected chi connectivity index (χ2v) is 8.60. The Labute approximate surface area is 145 Å². The number of aromatic nitrogens is 2. The van der Waals surface area contributed by atoms with Gasteiger partial charge in [0.15, 0.2) is 4.34 Å². The van der Waals surface area contributed by atoms with Crippen LogP contribution in [0.25, 0.3) is 0 Å². The summed E-state index contributed by atoms with van der Waals surface area (Å²) in [5, 5.41) is 12.5. The first-order valence-corrected chi connectivity index (χ1v) is 10.1. The largest absolute Gasteiger partial charge is 0.378 e. The topological polar surface area (TPSA) is 67.3 Å². The number of amides is 1. The number of rotatable bonds is 5. The van der Waals surface area contributed by atoms with E-state index in [0.717, 1.165) is 48.6 Å². The lowest BCUT2D eigenvalue weighted by molar-refractivity contribution is -0.121. The first-order valence-electron chi connectivity index (χ1n) is 8.35. The van der Waals surface area contributed by atoms with Crippen molar-refractivity contribution in [3.8, 4) is 0 Å². The van der Waals surface area contributed by atoms with E-state index in [1.165, 1.54) is 31.0 Å². The maximum absolute atomic E-state index is 12.3. The number of thioether (sulfide) groups is 1. The fourth-order valence-electron chi connectivity index (χ4n) is 2.90. The van der Waals surface area contributed by atoms with Crippen LogP contribution in [0.5, 0.6) is 0 Å². The van der Waals surface area contributed by atoms with Gasteiger partial charge in [-0.2, -0.15) is 0 Å². The molecular weight excluding hydrogens is 332 g/mol. The highest BCUT2D eigenvalue weighted by molar-refractivity contribution is 8.02. The van der Waals surface area contributed by atoms with Gasteiger partial charge in [-0.1, -0.05) is 42.4 Å². The molecule has 1 saturated carbocycles. The highest BCUT2D eigenvalue weighted by Crippen LogP contribution is 2.31. The van der Waals surface area contributed by atoms with Crippen molar-refractivity contribution in [2.75, 3.05) is 31.2 Å². The molecule has 6 nitrogen and oxygen atoms in total. The zero-order valence-corrected chi connectivity index (χ0v) is 15.1. The number of nitrogens with zero attached hydrogens (tertiary/aromatic N) is 3. The molecule has 23 heavy (non-hydrogen) atoms. The molecule has 128 valence electrons. The van der Waals surface area contributed by atoms with Crippen molar-refractivity contribution in [2.24, 2.45) is 0 Å². The van der Waals surface area contributed by atoms with Gasteiger partial charge < -0.3 is 15.0 Å². The summed E-state index contributed by atoms with van der Waals surface area (Å²) in [5.74, 6) is 0.116. The van der Waals surface area contributed by atoms with Crippen molar-refractivity contribution in [1.29, 1.82) is 0 Å². The lowest BCUT2D eigenvalue weighted by Crippen LogP contribution is -2.40. The number of morpholine rings is 1. The van der Waals surface area contributed by atoms with Crippen LogP contribution in [-0.4, -0.2) is 53.7 Å². The first kappa shape index (κ1) is 17.0. The van der Waals surface area contributed by atoms with Gasteiger partial charge in [-0.15, -0.1) is 10.2 Å². The van der Waals surface area contributed by atoms with E-state index in [1.807, 2.05) is 6.92 Å². The van der Waals surface area contributed by atoms with Gasteiger partial charge in [0, 0.05) is 19.1 Å². The molecule has 0 radical (unpaired) electrons. The molecule has 1 aromatic heterocycles. The van der Waals surface area contributed by atoms with Gasteiger partial charge in [-0.05, 0) is 19.8 Å². The van der Waals surface area contributed by atoms with Crippen molar-refractivity contribution in [3.05, 3.63) is 0 Å². The Bertz CT molecular complexity index is 513. The van der Waals surface area contributed by atoms with Gasteiger partial charge in [0.05, 0.1) is 18.5 Å². The number of carbonyl (C=O) groups is 1. The van der Waals surface area contributed by atoms with E-state index >= 15 is 0 Å². The fraction of sp³-hybridized carbons (Fsp3) is 0.800. The van der Waals surface area contributed by atoms with Crippen molar-refractivity contribution < 1.29 is 9.53 Å². The van der Waals surface area contributed by atoms with Crippen molar-refractivity contribution in [2.45, 2.75) is 54.7 Å². The summed E-state index contributed by atoms with van der Waals surface area (Å²) in [5.41, 5.74) is 0. The highest BCUT2D eigenvalue weighted by Gasteiger charge is 2.22. The maximum atomic E-state index is 12.3. The molecule has 2 heterocycles. The molecule has 0 spiro atoms. The van der Waals surface area contributed by atoms with E-state index in [0.29, 0.717) is 6.04 Å². The van der Waals surface area contributed by atoms with Crippen LogP contribution in [0, 0.1) is 0 Å². The van der Waals surface area contributed by atoms with Crippen molar-refractivity contribution in [3.63, 3.8) is 0 Å². The smallest absolute Gasteiger partial charge is 0.233 e. The Hall–Kier alpha value is -0.860. The highest BCUT2D eigenvalue weighted by atomic mass is 32.2. The predicted octanol–water partition coefficient (Wildman–Crippen LogP) is 2.30. The molecule has 1 amide bonds. The summed E-state index contributed by atoms with van der Waals surface area (Å²) < 4.78 is 6.21. The SMILES string of the molecule is CC(Sc1nnc(N2CCOCC2)s1)C(=O)NC1CCCCC1. The number of hydrogen-bond acceptors (Lipinski definition) is 7. The summed E-state index contributed by atoms with van der Waals surface area (Å²) in [7, 11) is 0. The Morgan fingerprint density at radius 1 is 1.30 bits per heavy atom. The third-order valence-electron chi connectivity index (χ3n) is 4.28. The molecule has 1 N–H and O–H groups in total. The normalized spacial score (nSPS) is 21.2. The molecular formula is C15H24N4O2S2. The zero-order chi connectivity index (χ0) is 16.1. The number of carbonyl (C=O) groups excluding carboxylic acids is 1. The van der Waals surface area contributed by atoms with E-state index in [2.05, 4.69) is 20.4 Å². The van der Waals surface area contributed by atoms with Crippen LogP contribution in [0.4, 0.5) is 5.13 Å². The minimum absolute atomic E-state index is 0.116. The van der Waals surface area contributed by atoms with Crippen LogP contribution in [-0.2, 0) is 9.53 Å². The quantitative estimate of drug-likeness (QED) is 0.817. The van der Waals surface area contributed by atoms with Crippen LogP contribution in [0.2, 0.25) is 0 Å². The first-order chi connectivity index (χ1) is 11.2. The molecule has 2 aliphatic rings. The Balaban J connectivity index is 1.49. The second-order valence-electron chi connectivity index (χ2n) is 6.05. The minimum atomic E-state index is -0.137. The molecule has 1 aromatic rings. The predicted molar refractivity (Wildman–Crippen MR) is 93.3 cm³/mol. The van der Waals surface area contributed by atoms with Gasteiger partial charge >= 0.3 is 0 Å². The van der Waals surface area contributed by atoms with Crippen molar-refractivity contribution >= 4 is 34.1 Å². The van der Waals surface area contributed by atoms with E-state index in [9.17, 15) is 4.79 Å². The van der Waals surface area contributed by atoms with Crippen LogP contribution in [0.15, 0.2) is 4.34 Å². The minimum Gasteiger partial charge on any atom is -0.378 e. The van der Waals surface area contributed by atoms with Gasteiger partial charge in [-0.25, -0.2) is 0 Å². The molecule has 1 aliphatic carbocycles. The van der Waals surface area contributed by atoms with E-state index in [-0.39, 0.29) is 11.2 Å². The molecule has 0 bridgehead atoms. The third kappa shape index (κ3) is 4.81. The standard InChI is InChI=1S/C15H24N4O2S2/c1-11(13(20)16-12-5-3-2-4-6-12)22-15-18-17-14(23-15)19-7-9-21-10-8-19/h11-12H,2-10H2,1H3,(H,16,20). The van der Waals surface area contributed by atoms with E-state index in [1.54, 1.807) is 11.3 Å². The number of anilines is 1. The monoisotopic (exact) mass is 356 g/mol. The lowest BCUT2D eigenvalue weighted by atomic mass is 9.95. The molecule has 8 heteroatoms. The molecule has 0 aromatic carbocycles. The fourth-order valence-corrected chi connectivity index (χ4v) is 4.95. The van der Waals surface area contributed by atoms with Gasteiger partial charge in [0.2, 0.25) is 11.0 Å². The van der Waals surface area contributed by atoms with Gasteiger partial charge in [0.1, 0.15) is 0 Å². The number of hydrogen-bond donors (Lipinski definition) is 1. The lowest BCUT2D eigenvalue weighted by Gasteiger charge is -2.25. The Morgan fingerprint density at radius 2 is 2.04 bits per heavy atom. The maximum Gasteiger partial charge on any atom is 0.233 e. The number of ether oxygens (including phenoxy) is 1. The average Bonchev–Trinajstić information content (AvgIpc) is 3.05. The second kappa shape index (κ2) is 8.30. The molecule has 3 rings (SSSR count). The summed E-state index contributed by atoms with van der Waals surface area (Å²) in [6.45, 7) is 5.14. The van der Waals surface area contributed by atoms with Crippen LogP contribution < -0.4 is 10.2 Å². The molecule has 1 atom stereocenters. The molecule has 2 fully saturated rings. The summed E-state index contributed by atoms with van der Waals surface area (Å²) in [4.78, 5) is 14.5. The Morgan fingerprint density at radius 3 is 2.78 bits per heavy atom. The molecule has 1 saturated heterocycles. The third-order valence-corrected chi connectivity index (χ3v) is 6.44. The van der Waals surface area contributed by atoms with E-state index < -0.39 is 0 Å². The van der Waals surface area contributed by atoms with E-state index in [4.69, 9.17) is 4.74 Å². The summed E-state index contributed by atoms with van der Waals surface area (Å²) in [6.07, 6.45) is 5.98. The van der Waals surface area contributed by atoms with Crippen LogP contribution in [0.3, 0.4) is 0 Å². The molecule has 1 aliphatic heterocycles. The van der Waals surface area contributed by atoms with Crippen LogP contribution in [0.1, 0.15) is 39.0 Å². The average molecular weight is 357 g/mol. The Kier molecular flexibility index (Phi) is 6.13. The van der Waals surface area contributed by atoms with Crippen molar-refractivity contribution in [1.82, 2.24) is 15.5 Å². The zero-order valence-electron chi connectivity index (χ0n) is 13.5. The summed E-state index contributed by atoms with van der Waals surface area (Å²) >= 11 is 3.06. The van der Waals surface area contributed by atoms with Gasteiger partial charge in [-0.3, -0.25) is 4.79 Å². The van der Waals surface area contributed by atoms with Crippen LogP contribution >= 0.6 is 23.1 Å². The molecule has 1 unspecified atom stereocenters. The number of nitrogens with one attached hydrogen (secondary N) is 1. The summed E-state index contributed by atoms with van der Waals surface area (Å²) in [6, 6.07) is 0.359. The van der Waals surface area contributed by atoms with Gasteiger partial charge in [0.25, 0.3) is 0 Å².